The van der Waals surface area contributed by atoms with Crippen molar-refractivity contribution in [1.29, 1.82) is 0 Å². The number of amides is 4. The number of hydrogen-bond acceptors (Lipinski definition) is 11. The zero-order valence-electron chi connectivity index (χ0n) is 36.6. The number of rotatable bonds is 10. The van der Waals surface area contributed by atoms with E-state index in [2.05, 4.69) is 94.2 Å². The summed E-state index contributed by atoms with van der Waals surface area (Å²) in [7, 11) is 0. The Kier molecular flexibility index (Phi) is 11.4. The molecule has 15 nitrogen and oxygen atoms in total. The lowest BCUT2D eigenvalue weighted by molar-refractivity contribution is -0.120. The van der Waals surface area contributed by atoms with Crippen LogP contribution in [0.25, 0.3) is 33.4 Å². The molecule has 3 saturated heterocycles. The molecule has 0 bridgehead atoms. The molecular formula is C48H55N11O4. The molecule has 63 heavy (non-hydrogen) atoms. The summed E-state index contributed by atoms with van der Waals surface area (Å²) >= 11 is 0. The second-order valence-electron chi connectivity index (χ2n) is 18.2. The first-order chi connectivity index (χ1) is 30.4. The summed E-state index contributed by atoms with van der Waals surface area (Å²) in [5, 5.41) is 18.0. The Balaban J connectivity index is 0.767. The zero-order valence-corrected chi connectivity index (χ0v) is 36.6. The zero-order chi connectivity index (χ0) is 43.8. The minimum Gasteiger partial charge on any atom is -0.372 e. The number of piperazine rings is 1. The Morgan fingerprint density at radius 1 is 0.841 bits per heavy atom. The lowest BCUT2D eigenvalue weighted by Crippen LogP contribution is -2.49. The topological polar surface area (TPSA) is 169 Å². The molecule has 0 saturated carbocycles. The average molecular weight is 850 g/mol. The van der Waals surface area contributed by atoms with E-state index in [1.165, 1.54) is 11.4 Å². The minimum atomic E-state index is -0.381. The smallest absolute Gasteiger partial charge is 0.328 e. The van der Waals surface area contributed by atoms with Crippen LogP contribution in [0, 0.1) is 12.8 Å². The van der Waals surface area contributed by atoms with Crippen molar-refractivity contribution < 1.29 is 18.9 Å². The van der Waals surface area contributed by atoms with E-state index in [0.29, 0.717) is 30.4 Å². The number of nitrogens with zero attached hydrogens (tertiary/aromatic N) is 8. The number of aromatic amines is 1. The number of piperidine rings is 1. The van der Waals surface area contributed by atoms with Gasteiger partial charge in [-0.2, -0.15) is 10.1 Å². The maximum atomic E-state index is 13.0. The van der Waals surface area contributed by atoms with Gasteiger partial charge in [-0.3, -0.25) is 29.8 Å². The van der Waals surface area contributed by atoms with Gasteiger partial charge in [0.1, 0.15) is 0 Å². The lowest BCUT2D eigenvalue weighted by Gasteiger charge is -2.40. The Hall–Kier alpha value is -6.61. The van der Waals surface area contributed by atoms with Gasteiger partial charge in [-0.05, 0) is 97.8 Å². The molecule has 0 aliphatic carbocycles. The lowest BCUT2D eigenvalue weighted by atomic mass is 9.95. The molecule has 3 N–H and O–H groups in total. The number of aromatic nitrogens is 5. The van der Waals surface area contributed by atoms with Crippen molar-refractivity contribution in [3.05, 3.63) is 102 Å². The third-order valence-corrected chi connectivity index (χ3v) is 12.7. The van der Waals surface area contributed by atoms with Crippen LogP contribution in [0.5, 0.6) is 0 Å². The number of imide groups is 1. The first-order valence-corrected chi connectivity index (χ1v) is 22.0. The maximum Gasteiger partial charge on any atom is 0.328 e. The summed E-state index contributed by atoms with van der Waals surface area (Å²) in [6, 6.07) is 24.7. The normalized spacial score (nSPS) is 17.3. The van der Waals surface area contributed by atoms with Gasteiger partial charge in [-0.25, -0.2) is 9.78 Å². The Morgan fingerprint density at radius 3 is 2.17 bits per heavy atom. The summed E-state index contributed by atoms with van der Waals surface area (Å²) in [6.45, 7) is 17.6. The van der Waals surface area contributed by atoms with Gasteiger partial charge in [0.2, 0.25) is 11.8 Å². The number of nitrogens with one attached hydrogen (secondary N) is 3. The van der Waals surface area contributed by atoms with Crippen LogP contribution in [0.3, 0.4) is 0 Å². The molecule has 3 aromatic heterocycles. The number of pyridine rings is 1. The summed E-state index contributed by atoms with van der Waals surface area (Å²) in [5.74, 6) is 0.527. The number of urea groups is 1. The molecule has 326 valence electrons. The quantitative estimate of drug-likeness (QED) is 0.127. The third-order valence-electron chi connectivity index (χ3n) is 12.7. The Labute approximate surface area is 367 Å². The minimum absolute atomic E-state index is 0.0246. The van der Waals surface area contributed by atoms with Crippen LogP contribution < -0.4 is 25.3 Å². The van der Waals surface area contributed by atoms with Crippen molar-refractivity contribution in [2.24, 2.45) is 5.92 Å². The maximum absolute atomic E-state index is 13.0. The van der Waals surface area contributed by atoms with Crippen LogP contribution in [-0.2, 0) is 10.2 Å². The molecule has 3 aromatic carbocycles. The number of anilines is 3. The van der Waals surface area contributed by atoms with Crippen LogP contribution in [-0.4, -0.2) is 100 Å². The standard InChI is InChI=1S/C48H55N11O4/c1-30-26-34(8-15-39(30)31(2)50-45(61)44-52-46(63-55-44)48(3,4)5)42-40-27-35(28-49-43(40)54-53-42)33-6-9-36(10-7-33)58-24-22-56(23-25-58)29-32-16-19-57(20-17-32)37-11-13-38(14-12-37)59-21-18-41(60)51-47(59)62/h6-15,26-28,31-32H,16-25,29H2,1-5H3,(H,50,61)(H,49,53,54)(H,51,60,62). The SMILES string of the molecule is Cc1cc(-c2[nH]nc3ncc(-c4ccc(N5CCN(CC6CCN(c7ccc(N8CCC(=O)NC8=O)cc7)CC6)CC5)cc4)cc23)ccc1C(C)NC(=O)c1noc(C(C)(C)C)n1. The second kappa shape index (κ2) is 17.3. The van der Waals surface area contributed by atoms with Crippen molar-refractivity contribution >= 4 is 45.9 Å². The first-order valence-electron chi connectivity index (χ1n) is 22.0. The predicted molar refractivity (Wildman–Crippen MR) is 244 cm³/mol. The van der Waals surface area contributed by atoms with Gasteiger partial charge < -0.3 is 19.6 Å². The number of hydrogen-bond donors (Lipinski definition) is 3. The van der Waals surface area contributed by atoms with Crippen LogP contribution in [0.2, 0.25) is 0 Å². The number of carbonyl (C=O) groups excluding carboxylic acids is 3. The van der Waals surface area contributed by atoms with Gasteiger partial charge >= 0.3 is 6.03 Å². The van der Waals surface area contributed by atoms with Gasteiger partial charge in [0, 0.05) is 104 Å². The van der Waals surface area contributed by atoms with Crippen LogP contribution in [0.4, 0.5) is 21.9 Å². The highest BCUT2D eigenvalue weighted by Crippen LogP contribution is 2.33. The van der Waals surface area contributed by atoms with Crippen molar-refractivity contribution in [3.63, 3.8) is 0 Å². The number of fused-ring (bicyclic) bond motifs is 1. The van der Waals surface area contributed by atoms with Gasteiger partial charge in [0.25, 0.3) is 11.7 Å². The van der Waals surface area contributed by atoms with E-state index in [4.69, 9.17) is 9.51 Å². The molecule has 4 amide bonds. The van der Waals surface area contributed by atoms with Crippen molar-refractivity contribution in [2.45, 2.75) is 65.3 Å². The predicted octanol–water partition coefficient (Wildman–Crippen LogP) is 7.26. The van der Waals surface area contributed by atoms with E-state index < -0.39 is 0 Å². The van der Waals surface area contributed by atoms with E-state index >= 15 is 0 Å². The second-order valence-corrected chi connectivity index (χ2v) is 18.2. The van der Waals surface area contributed by atoms with Crippen molar-refractivity contribution in [1.82, 2.24) is 40.9 Å². The van der Waals surface area contributed by atoms with Gasteiger partial charge in [-0.15, -0.1) is 0 Å². The highest BCUT2D eigenvalue weighted by molar-refractivity contribution is 6.05. The highest BCUT2D eigenvalue weighted by Gasteiger charge is 2.28. The molecule has 3 aliphatic heterocycles. The summed E-state index contributed by atoms with van der Waals surface area (Å²) in [4.78, 5) is 54.9. The van der Waals surface area contributed by atoms with E-state index in [1.807, 2.05) is 65.1 Å². The molecule has 6 heterocycles. The molecule has 3 aliphatic rings. The van der Waals surface area contributed by atoms with Crippen LogP contribution in [0.15, 0.2) is 83.5 Å². The Bertz CT molecular complexity index is 2620. The van der Waals surface area contributed by atoms with Crippen LogP contribution >= 0.6 is 0 Å². The molecule has 9 rings (SSSR count). The van der Waals surface area contributed by atoms with Crippen molar-refractivity contribution in [2.75, 3.05) is 67.1 Å². The van der Waals surface area contributed by atoms with Crippen molar-refractivity contribution in [3.8, 4) is 22.4 Å². The molecule has 15 heteroatoms. The molecule has 0 radical (unpaired) electrons. The Morgan fingerprint density at radius 2 is 1.51 bits per heavy atom. The van der Waals surface area contributed by atoms with Crippen LogP contribution in [0.1, 0.15) is 80.6 Å². The van der Waals surface area contributed by atoms with Gasteiger partial charge in [0.15, 0.2) is 5.65 Å². The summed E-state index contributed by atoms with van der Waals surface area (Å²) in [6.07, 6.45) is 4.54. The van der Waals surface area contributed by atoms with Gasteiger partial charge in [-0.1, -0.05) is 50.2 Å². The van der Waals surface area contributed by atoms with E-state index in [-0.39, 0.29) is 35.1 Å². The molecule has 0 spiro atoms. The van der Waals surface area contributed by atoms with E-state index in [1.54, 1.807) is 4.90 Å². The highest BCUT2D eigenvalue weighted by atomic mass is 16.5. The molecule has 3 fully saturated rings. The fourth-order valence-electron chi connectivity index (χ4n) is 9.00. The molecule has 6 aromatic rings. The fraction of sp³-hybridized carbons (Fsp3) is 0.396. The van der Waals surface area contributed by atoms with E-state index in [0.717, 1.165) is 103 Å². The molecular weight excluding hydrogens is 795 g/mol. The fourth-order valence-corrected chi connectivity index (χ4v) is 9.00. The summed E-state index contributed by atoms with van der Waals surface area (Å²) < 4.78 is 5.32. The van der Waals surface area contributed by atoms with Gasteiger partial charge in [0.05, 0.1) is 11.7 Å². The average Bonchev–Trinajstić information content (AvgIpc) is 3.96. The van der Waals surface area contributed by atoms with E-state index in [9.17, 15) is 14.4 Å². The monoisotopic (exact) mass is 849 g/mol. The summed E-state index contributed by atoms with van der Waals surface area (Å²) in [5.41, 5.74) is 9.56. The largest absolute Gasteiger partial charge is 0.372 e. The molecule has 1 unspecified atom stereocenters. The number of carbonyl (C=O) groups is 3. The number of H-pyrrole nitrogens is 1. The number of benzene rings is 3. The number of aryl methyl sites for hydroxylation is 1. The third kappa shape index (κ3) is 9.01. The molecule has 1 atom stereocenters. The first kappa shape index (κ1) is 41.7.